The van der Waals surface area contributed by atoms with E-state index in [0.29, 0.717) is 10.9 Å². The zero-order valence-corrected chi connectivity index (χ0v) is 8.20. The van der Waals surface area contributed by atoms with Gasteiger partial charge >= 0.3 is 5.97 Å². The van der Waals surface area contributed by atoms with Gasteiger partial charge < -0.3 is 9.67 Å². The molecule has 0 bridgehead atoms. The molecule has 0 amide bonds. The molecule has 3 nitrogen and oxygen atoms in total. The van der Waals surface area contributed by atoms with E-state index in [1.165, 1.54) is 6.07 Å². The maximum Gasteiger partial charge on any atom is 0.323 e. The maximum absolute atomic E-state index is 13.4. The summed E-state index contributed by atoms with van der Waals surface area (Å²) in [7, 11) is 0. The molecule has 0 radical (unpaired) electrons. The van der Waals surface area contributed by atoms with Crippen LogP contribution in [0.1, 0.15) is 5.69 Å². The van der Waals surface area contributed by atoms with Crippen LogP contribution in [0.15, 0.2) is 24.3 Å². The Balaban J connectivity index is 2.68. The van der Waals surface area contributed by atoms with Gasteiger partial charge in [-0.3, -0.25) is 4.79 Å². The number of carboxylic acid groups (broad SMARTS) is 1. The van der Waals surface area contributed by atoms with Crippen molar-refractivity contribution < 1.29 is 14.3 Å². The standard InChI is InChI=1S/C11H10FNO2/c1-7-5-8-9(12)3-2-4-10(8)13(7)6-11(14)15/h2-5H,6H2,1H3,(H,14,15). The van der Waals surface area contributed by atoms with E-state index >= 15 is 0 Å². The molecule has 0 saturated carbocycles. The molecule has 0 unspecified atom stereocenters. The van der Waals surface area contributed by atoms with Gasteiger partial charge in [-0.2, -0.15) is 0 Å². The quantitative estimate of drug-likeness (QED) is 0.820. The molecule has 15 heavy (non-hydrogen) atoms. The molecule has 0 aliphatic carbocycles. The summed E-state index contributed by atoms with van der Waals surface area (Å²) in [4.78, 5) is 10.6. The molecule has 1 heterocycles. The number of fused-ring (bicyclic) bond motifs is 1. The van der Waals surface area contributed by atoms with Crippen LogP contribution in [-0.2, 0) is 11.3 Å². The van der Waals surface area contributed by atoms with E-state index < -0.39 is 5.97 Å². The van der Waals surface area contributed by atoms with E-state index in [0.717, 1.165) is 5.69 Å². The van der Waals surface area contributed by atoms with Crippen LogP contribution < -0.4 is 0 Å². The Morgan fingerprint density at radius 1 is 1.53 bits per heavy atom. The molecule has 2 rings (SSSR count). The minimum atomic E-state index is -0.931. The molecule has 1 aromatic carbocycles. The van der Waals surface area contributed by atoms with Crippen molar-refractivity contribution >= 4 is 16.9 Å². The smallest absolute Gasteiger partial charge is 0.323 e. The number of carboxylic acids is 1. The van der Waals surface area contributed by atoms with Gasteiger partial charge in [-0.25, -0.2) is 4.39 Å². The minimum absolute atomic E-state index is 0.140. The first-order chi connectivity index (χ1) is 7.09. The van der Waals surface area contributed by atoms with E-state index in [9.17, 15) is 9.18 Å². The molecular weight excluding hydrogens is 197 g/mol. The van der Waals surface area contributed by atoms with Gasteiger partial charge in [0.25, 0.3) is 0 Å². The molecule has 0 spiro atoms. The second-order valence-corrected chi connectivity index (χ2v) is 3.44. The SMILES string of the molecule is Cc1cc2c(F)cccc2n1CC(=O)O. The van der Waals surface area contributed by atoms with Gasteiger partial charge in [0.15, 0.2) is 0 Å². The predicted molar refractivity (Wildman–Crippen MR) is 54.3 cm³/mol. The molecule has 0 aliphatic heterocycles. The summed E-state index contributed by atoms with van der Waals surface area (Å²) in [5.74, 6) is -1.25. The van der Waals surface area contributed by atoms with Gasteiger partial charge in [0, 0.05) is 11.1 Å². The third kappa shape index (κ3) is 1.58. The van der Waals surface area contributed by atoms with E-state index in [-0.39, 0.29) is 12.4 Å². The van der Waals surface area contributed by atoms with E-state index in [2.05, 4.69) is 0 Å². The lowest BCUT2D eigenvalue weighted by atomic mass is 10.2. The van der Waals surface area contributed by atoms with Gasteiger partial charge in [0.05, 0.1) is 5.52 Å². The average molecular weight is 207 g/mol. The van der Waals surface area contributed by atoms with Crippen molar-refractivity contribution in [2.75, 3.05) is 0 Å². The molecule has 4 heteroatoms. The van der Waals surface area contributed by atoms with Crippen LogP contribution in [0.5, 0.6) is 0 Å². The molecule has 78 valence electrons. The second-order valence-electron chi connectivity index (χ2n) is 3.44. The zero-order chi connectivity index (χ0) is 11.0. The van der Waals surface area contributed by atoms with Crippen LogP contribution in [0, 0.1) is 12.7 Å². The number of aryl methyl sites for hydroxylation is 1. The number of halogens is 1. The number of benzene rings is 1. The number of nitrogens with zero attached hydrogens (tertiary/aromatic N) is 1. The van der Waals surface area contributed by atoms with E-state index in [1.807, 2.05) is 0 Å². The van der Waals surface area contributed by atoms with Crippen molar-refractivity contribution in [3.8, 4) is 0 Å². The molecule has 1 aromatic heterocycles. The monoisotopic (exact) mass is 207 g/mol. The largest absolute Gasteiger partial charge is 0.480 e. The van der Waals surface area contributed by atoms with Crippen LogP contribution >= 0.6 is 0 Å². The van der Waals surface area contributed by atoms with Crippen molar-refractivity contribution in [3.05, 3.63) is 35.8 Å². The fourth-order valence-corrected chi connectivity index (χ4v) is 1.73. The number of aliphatic carboxylic acids is 1. The van der Waals surface area contributed by atoms with Crippen LogP contribution in [0.25, 0.3) is 10.9 Å². The van der Waals surface area contributed by atoms with Gasteiger partial charge in [0.2, 0.25) is 0 Å². The fraction of sp³-hybridized carbons (Fsp3) is 0.182. The van der Waals surface area contributed by atoms with Crippen LogP contribution in [0.2, 0.25) is 0 Å². The topological polar surface area (TPSA) is 42.2 Å². The highest BCUT2D eigenvalue weighted by molar-refractivity contribution is 5.83. The maximum atomic E-state index is 13.4. The van der Waals surface area contributed by atoms with Crippen molar-refractivity contribution in [2.24, 2.45) is 0 Å². The molecule has 0 aliphatic rings. The van der Waals surface area contributed by atoms with Gasteiger partial charge in [-0.1, -0.05) is 6.07 Å². The lowest BCUT2D eigenvalue weighted by Gasteiger charge is -2.03. The number of carbonyl (C=O) groups is 1. The summed E-state index contributed by atoms with van der Waals surface area (Å²) < 4.78 is 14.9. The number of aromatic nitrogens is 1. The Morgan fingerprint density at radius 2 is 2.27 bits per heavy atom. The average Bonchev–Trinajstić information content (AvgIpc) is 2.45. The van der Waals surface area contributed by atoms with Gasteiger partial charge in [-0.05, 0) is 25.1 Å². The highest BCUT2D eigenvalue weighted by Gasteiger charge is 2.10. The Bertz CT molecular complexity index is 531. The van der Waals surface area contributed by atoms with Gasteiger partial charge in [-0.15, -0.1) is 0 Å². The summed E-state index contributed by atoms with van der Waals surface area (Å²) in [6.45, 7) is 1.63. The molecular formula is C11H10FNO2. The molecule has 0 fully saturated rings. The number of rotatable bonds is 2. The molecule has 2 aromatic rings. The van der Waals surface area contributed by atoms with E-state index in [4.69, 9.17) is 5.11 Å². The van der Waals surface area contributed by atoms with Crippen molar-refractivity contribution in [2.45, 2.75) is 13.5 Å². The van der Waals surface area contributed by atoms with Crippen molar-refractivity contribution in [3.63, 3.8) is 0 Å². The Kier molecular flexibility index (Phi) is 2.19. The van der Waals surface area contributed by atoms with Crippen molar-refractivity contribution in [1.29, 1.82) is 0 Å². The lowest BCUT2D eigenvalue weighted by molar-refractivity contribution is -0.137. The van der Waals surface area contributed by atoms with Crippen molar-refractivity contribution in [1.82, 2.24) is 4.57 Å². The Morgan fingerprint density at radius 3 is 2.93 bits per heavy atom. The van der Waals surface area contributed by atoms with Crippen LogP contribution in [0.3, 0.4) is 0 Å². The summed E-state index contributed by atoms with van der Waals surface area (Å²) in [5.41, 5.74) is 1.37. The molecule has 0 atom stereocenters. The lowest BCUT2D eigenvalue weighted by Crippen LogP contribution is -2.09. The molecule has 1 N–H and O–H groups in total. The summed E-state index contributed by atoms with van der Waals surface area (Å²) in [6.07, 6.45) is 0. The highest BCUT2D eigenvalue weighted by atomic mass is 19.1. The number of hydrogen-bond donors (Lipinski definition) is 1. The first-order valence-corrected chi connectivity index (χ1v) is 4.56. The first-order valence-electron chi connectivity index (χ1n) is 4.56. The normalized spacial score (nSPS) is 10.8. The van der Waals surface area contributed by atoms with Crippen LogP contribution in [0.4, 0.5) is 4.39 Å². The summed E-state index contributed by atoms with van der Waals surface area (Å²) >= 11 is 0. The minimum Gasteiger partial charge on any atom is -0.480 e. The predicted octanol–water partition coefficient (Wildman–Crippen LogP) is 2.17. The third-order valence-corrected chi connectivity index (χ3v) is 2.39. The second kappa shape index (κ2) is 3.38. The number of hydrogen-bond acceptors (Lipinski definition) is 1. The third-order valence-electron chi connectivity index (χ3n) is 2.39. The molecule has 0 saturated heterocycles. The first kappa shape index (κ1) is 9.71. The van der Waals surface area contributed by atoms with E-state index in [1.54, 1.807) is 29.7 Å². The zero-order valence-electron chi connectivity index (χ0n) is 8.20. The van der Waals surface area contributed by atoms with Gasteiger partial charge in [0.1, 0.15) is 12.4 Å². The summed E-state index contributed by atoms with van der Waals surface area (Å²) in [6, 6.07) is 6.32. The highest BCUT2D eigenvalue weighted by Crippen LogP contribution is 2.21. The Hall–Kier alpha value is -1.84. The fourth-order valence-electron chi connectivity index (χ4n) is 1.73. The Labute approximate surface area is 85.7 Å². The summed E-state index contributed by atoms with van der Waals surface area (Å²) in [5, 5.41) is 9.19. The van der Waals surface area contributed by atoms with Crippen LogP contribution in [-0.4, -0.2) is 15.6 Å².